The van der Waals surface area contributed by atoms with E-state index in [1.807, 2.05) is 6.07 Å². The first kappa shape index (κ1) is 20.6. The summed E-state index contributed by atoms with van der Waals surface area (Å²) in [5.41, 5.74) is 1.44. The van der Waals surface area contributed by atoms with E-state index in [1.54, 1.807) is 12.1 Å². The van der Waals surface area contributed by atoms with Crippen LogP contribution in [-0.2, 0) is 25.5 Å². The highest BCUT2D eigenvalue weighted by Gasteiger charge is 2.36. The number of esters is 1. The van der Waals surface area contributed by atoms with Crippen molar-refractivity contribution >= 4 is 35.1 Å². The van der Waals surface area contributed by atoms with Crippen LogP contribution in [0.3, 0.4) is 0 Å². The fourth-order valence-corrected chi connectivity index (χ4v) is 4.39. The average Bonchev–Trinajstić information content (AvgIpc) is 3.03. The molecule has 1 aromatic carbocycles. The Morgan fingerprint density at radius 3 is 2.64 bits per heavy atom. The number of benzene rings is 1. The molecule has 1 unspecified atom stereocenters. The fraction of sp³-hybridized carbons (Fsp3) is 0.571. The minimum atomic E-state index is -0.507. The van der Waals surface area contributed by atoms with Crippen molar-refractivity contribution in [1.29, 1.82) is 0 Å². The van der Waals surface area contributed by atoms with E-state index in [-0.39, 0.29) is 18.4 Å². The molecule has 1 saturated carbocycles. The van der Waals surface area contributed by atoms with Crippen LogP contribution in [-0.4, -0.2) is 41.9 Å². The molecule has 2 amide bonds. The van der Waals surface area contributed by atoms with Gasteiger partial charge in [0.25, 0.3) is 5.91 Å². The molecule has 7 heteroatoms. The predicted molar refractivity (Wildman–Crippen MR) is 107 cm³/mol. The Kier molecular flexibility index (Phi) is 6.94. The minimum Gasteiger partial charge on any atom is -0.456 e. The molecule has 152 valence electrons. The normalized spacial score (nSPS) is 20.3. The summed E-state index contributed by atoms with van der Waals surface area (Å²) in [7, 11) is 0. The zero-order valence-electron chi connectivity index (χ0n) is 16.2. The summed E-state index contributed by atoms with van der Waals surface area (Å²) in [5, 5.41) is 3.16. The molecule has 0 bridgehead atoms. The molecule has 1 saturated heterocycles. The molecule has 1 aliphatic carbocycles. The molecule has 28 heavy (non-hydrogen) atoms. The molecular weight excluding hydrogens is 380 g/mol. The molecule has 0 spiro atoms. The van der Waals surface area contributed by atoms with E-state index >= 15 is 0 Å². The molecule has 6 nitrogen and oxygen atoms in total. The van der Waals surface area contributed by atoms with Crippen molar-refractivity contribution in [2.24, 2.45) is 5.92 Å². The van der Waals surface area contributed by atoms with Crippen LogP contribution in [0.25, 0.3) is 0 Å². The summed E-state index contributed by atoms with van der Waals surface area (Å²) in [5.74, 6) is -0.703. The molecule has 1 heterocycles. The van der Waals surface area contributed by atoms with Crippen molar-refractivity contribution in [3.05, 3.63) is 28.8 Å². The molecule has 0 aromatic heterocycles. The second-order valence-corrected chi connectivity index (χ2v) is 8.06. The van der Waals surface area contributed by atoms with Crippen molar-refractivity contribution in [2.75, 3.05) is 18.5 Å². The van der Waals surface area contributed by atoms with Crippen LogP contribution in [0.4, 0.5) is 5.69 Å². The summed E-state index contributed by atoms with van der Waals surface area (Å²) >= 11 is 6.39. The Labute approximate surface area is 170 Å². The number of likely N-dealkylation sites (tertiary alicyclic amines) is 1. The van der Waals surface area contributed by atoms with E-state index in [1.165, 1.54) is 26.2 Å². The summed E-state index contributed by atoms with van der Waals surface area (Å²) in [4.78, 5) is 37.4. The standard InChI is InChI=1S/C21H27ClN2O4/c1-14(25)28-13-20(26)23-17-8-7-15(19(22)12-17)11-16-9-10-24(21(16)27)18-5-3-2-4-6-18/h7-8,12,16,18H,2-6,9-11,13H2,1H3,(H,23,26). The fourth-order valence-electron chi connectivity index (χ4n) is 4.13. The first-order valence-corrected chi connectivity index (χ1v) is 10.3. The first-order valence-electron chi connectivity index (χ1n) is 9.96. The van der Waals surface area contributed by atoms with Crippen molar-refractivity contribution in [3.63, 3.8) is 0 Å². The Balaban J connectivity index is 1.56. The smallest absolute Gasteiger partial charge is 0.303 e. The van der Waals surface area contributed by atoms with Crippen molar-refractivity contribution < 1.29 is 19.1 Å². The highest BCUT2D eigenvalue weighted by atomic mass is 35.5. The molecule has 2 fully saturated rings. The van der Waals surface area contributed by atoms with Crippen LogP contribution in [0.1, 0.15) is 51.0 Å². The van der Waals surface area contributed by atoms with Gasteiger partial charge in [-0.25, -0.2) is 0 Å². The van der Waals surface area contributed by atoms with Crippen LogP contribution in [0.5, 0.6) is 0 Å². The van der Waals surface area contributed by atoms with Crippen molar-refractivity contribution in [2.45, 2.75) is 57.9 Å². The van der Waals surface area contributed by atoms with Crippen LogP contribution in [0, 0.1) is 5.92 Å². The zero-order chi connectivity index (χ0) is 20.1. The quantitative estimate of drug-likeness (QED) is 0.733. The topological polar surface area (TPSA) is 75.7 Å². The highest BCUT2D eigenvalue weighted by molar-refractivity contribution is 6.31. The number of hydrogen-bond acceptors (Lipinski definition) is 4. The second-order valence-electron chi connectivity index (χ2n) is 7.65. The number of carbonyl (C=O) groups excluding carboxylic acids is 3. The second kappa shape index (κ2) is 9.41. The van der Waals surface area contributed by atoms with Crippen LogP contribution in [0.15, 0.2) is 18.2 Å². The third-order valence-electron chi connectivity index (χ3n) is 5.58. The maximum absolute atomic E-state index is 12.8. The molecule has 1 aromatic rings. The van der Waals surface area contributed by atoms with Crippen molar-refractivity contribution in [3.8, 4) is 0 Å². The third-order valence-corrected chi connectivity index (χ3v) is 5.93. The van der Waals surface area contributed by atoms with E-state index in [0.29, 0.717) is 23.2 Å². The van der Waals surface area contributed by atoms with Gasteiger partial charge in [0.2, 0.25) is 5.91 Å². The maximum atomic E-state index is 12.8. The Morgan fingerprint density at radius 1 is 1.21 bits per heavy atom. The lowest BCUT2D eigenvalue weighted by Gasteiger charge is -2.31. The number of nitrogens with one attached hydrogen (secondary N) is 1. The molecular formula is C21H27ClN2O4. The van der Waals surface area contributed by atoms with Crippen LogP contribution in [0.2, 0.25) is 5.02 Å². The SMILES string of the molecule is CC(=O)OCC(=O)Nc1ccc(CC2CCN(C3CCCCC3)C2=O)c(Cl)c1. The van der Waals surface area contributed by atoms with E-state index in [4.69, 9.17) is 11.6 Å². The summed E-state index contributed by atoms with van der Waals surface area (Å²) in [6.45, 7) is 1.76. The van der Waals surface area contributed by atoms with Crippen LogP contribution >= 0.6 is 11.6 Å². The van der Waals surface area contributed by atoms with Gasteiger partial charge in [0.15, 0.2) is 6.61 Å². The van der Waals surface area contributed by atoms with E-state index in [0.717, 1.165) is 31.4 Å². The monoisotopic (exact) mass is 406 g/mol. The lowest BCUT2D eigenvalue weighted by Crippen LogP contribution is -2.39. The third kappa shape index (κ3) is 5.25. The largest absolute Gasteiger partial charge is 0.456 e. The molecule has 3 rings (SSSR count). The average molecular weight is 407 g/mol. The number of halogens is 1. The molecule has 1 aliphatic heterocycles. The van der Waals surface area contributed by atoms with E-state index < -0.39 is 11.9 Å². The van der Waals surface area contributed by atoms with Gasteiger partial charge in [-0.2, -0.15) is 0 Å². The number of ether oxygens (including phenoxy) is 1. The van der Waals surface area contributed by atoms with Gasteiger partial charge >= 0.3 is 5.97 Å². The highest BCUT2D eigenvalue weighted by Crippen LogP contribution is 2.32. The van der Waals surface area contributed by atoms with Gasteiger partial charge in [0, 0.05) is 36.1 Å². The van der Waals surface area contributed by atoms with Gasteiger partial charge in [-0.1, -0.05) is 36.9 Å². The summed E-state index contributed by atoms with van der Waals surface area (Å²) < 4.78 is 4.66. The minimum absolute atomic E-state index is 0.0242. The van der Waals surface area contributed by atoms with Gasteiger partial charge in [0.1, 0.15) is 0 Å². The number of amides is 2. The Bertz CT molecular complexity index is 746. The van der Waals surface area contributed by atoms with E-state index in [9.17, 15) is 14.4 Å². The lowest BCUT2D eigenvalue weighted by atomic mass is 9.94. The number of anilines is 1. The van der Waals surface area contributed by atoms with Crippen molar-refractivity contribution in [1.82, 2.24) is 4.90 Å². The van der Waals surface area contributed by atoms with Crippen LogP contribution < -0.4 is 5.32 Å². The maximum Gasteiger partial charge on any atom is 0.303 e. The summed E-state index contributed by atoms with van der Waals surface area (Å²) in [6, 6.07) is 5.68. The zero-order valence-corrected chi connectivity index (χ0v) is 17.0. The first-order chi connectivity index (χ1) is 13.4. The summed E-state index contributed by atoms with van der Waals surface area (Å²) in [6.07, 6.45) is 7.45. The molecule has 2 aliphatic rings. The number of hydrogen-bond donors (Lipinski definition) is 1. The molecule has 1 atom stereocenters. The van der Waals surface area contributed by atoms with Gasteiger partial charge < -0.3 is 15.0 Å². The number of nitrogens with zero attached hydrogens (tertiary/aromatic N) is 1. The lowest BCUT2D eigenvalue weighted by molar-refractivity contribution is -0.144. The van der Waals surface area contributed by atoms with Gasteiger partial charge in [-0.3, -0.25) is 14.4 Å². The van der Waals surface area contributed by atoms with E-state index in [2.05, 4.69) is 15.0 Å². The molecule has 1 N–H and O–H groups in total. The Hall–Kier alpha value is -2.08. The number of carbonyl (C=O) groups is 3. The molecule has 0 radical (unpaired) electrons. The Morgan fingerprint density at radius 2 is 1.96 bits per heavy atom. The number of rotatable bonds is 6. The van der Waals surface area contributed by atoms with Gasteiger partial charge in [-0.05, 0) is 43.4 Å². The predicted octanol–water partition coefficient (Wildman–Crippen LogP) is 3.57. The van der Waals surface area contributed by atoms with Gasteiger partial charge in [-0.15, -0.1) is 0 Å². The van der Waals surface area contributed by atoms with Gasteiger partial charge in [0.05, 0.1) is 0 Å².